The van der Waals surface area contributed by atoms with Crippen LogP contribution < -0.4 is 14.8 Å². The molecule has 1 fully saturated rings. The minimum Gasteiger partial charge on any atom is -0.490 e. The molecule has 0 spiro atoms. The molecular weight excluding hydrogens is 372 g/mol. The van der Waals surface area contributed by atoms with E-state index in [2.05, 4.69) is 5.32 Å². The van der Waals surface area contributed by atoms with Crippen molar-refractivity contribution in [3.63, 3.8) is 0 Å². The molecule has 1 saturated heterocycles. The Morgan fingerprint density at radius 1 is 1.30 bits per heavy atom. The summed E-state index contributed by atoms with van der Waals surface area (Å²) < 4.78 is 16.0. The third kappa shape index (κ3) is 4.94. The van der Waals surface area contributed by atoms with Crippen molar-refractivity contribution in [2.24, 2.45) is 0 Å². The number of hydrogen-bond acceptors (Lipinski definition) is 7. The SMILES string of the molecule is CCOC(=O)/C=C1\SCC(=O)N1CC(=O)Nc1ccc2c(c1)OCCCO2. The quantitative estimate of drug-likeness (QED) is 0.603. The highest BCUT2D eigenvalue weighted by atomic mass is 32.2. The average Bonchev–Trinajstić information content (AvgIpc) is 2.84. The Hall–Kier alpha value is -2.68. The van der Waals surface area contributed by atoms with Crippen LogP contribution in [0, 0.1) is 0 Å². The Bertz CT molecular complexity index is 779. The van der Waals surface area contributed by atoms with Gasteiger partial charge in [-0.3, -0.25) is 14.5 Å². The Kier molecular flexibility index (Phi) is 6.23. The maximum Gasteiger partial charge on any atom is 0.333 e. The zero-order valence-corrected chi connectivity index (χ0v) is 15.7. The van der Waals surface area contributed by atoms with E-state index in [9.17, 15) is 14.4 Å². The molecule has 0 saturated carbocycles. The predicted octanol–water partition coefficient (Wildman–Crippen LogP) is 1.77. The summed E-state index contributed by atoms with van der Waals surface area (Å²) in [5.41, 5.74) is 0.541. The molecule has 3 rings (SSSR count). The van der Waals surface area contributed by atoms with Gasteiger partial charge in [-0.15, -0.1) is 0 Å². The van der Waals surface area contributed by atoms with Crippen LogP contribution in [-0.2, 0) is 19.1 Å². The molecular formula is C18H20N2O6S. The van der Waals surface area contributed by atoms with Gasteiger partial charge in [0.05, 0.1) is 36.7 Å². The fourth-order valence-electron chi connectivity index (χ4n) is 2.57. The second-order valence-corrected chi connectivity index (χ2v) is 6.76. The molecule has 0 aromatic heterocycles. The van der Waals surface area contributed by atoms with Crippen molar-refractivity contribution in [1.82, 2.24) is 4.90 Å². The molecule has 1 aromatic rings. The molecule has 9 heteroatoms. The highest BCUT2D eigenvalue weighted by molar-refractivity contribution is 8.04. The van der Waals surface area contributed by atoms with Crippen molar-refractivity contribution < 1.29 is 28.6 Å². The molecule has 2 aliphatic rings. The Labute approximate surface area is 160 Å². The summed E-state index contributed by atoms with van der Waals surface area (Å²) in [7, 11) is 0. The fourth-order valence-corrected chi connectivity index (χ4v) is 3.50. The smallest absolute Gasteiger partial charge is 0.333 e. The number of anilines is 1. The van der Waals surface area contributed by atoms with E-state index in [1.165, 1.54) is 22.7 Å². The van der Waals surface area contributed by atoms with Gasteiger partial charge in [-0.2, -0.15) is 0 Å². The largest absolute Gasteiger partial charge is 0.490 e. The van der Waals surface area contributed by atoms with E-state index < -0.39 is 5.97 Å². The van der Waals surface area contributed by atoms with E-state index >= 15 is 0 Å². The Balaban J connectivity index is 1.65. The van der Waals surface area contributed by atoms with Gasteiger partial charge < -0.3 is 19.5 Å². The molecule has 2 heterocycles. The fraction of sp³-hybridized carbons (Fsp3) is 0.389. The summed E-state index contributed by atoms with van der Waals surface area (Å²) in [5, 5.41) is 3.15. The number of nitrogens with zero attached hydrogens (tertiary/aromatic N) is 1. The number of amides is 2. The lowest BCUT2D eigenvalue weighted by atomic mass is 10.2. The lowest BCUT2D eigenvalue weighted by molar-refractivity contribution is -0.137. The number of nitrogens with one attached hydrogen (secondary N) is 1. The first-order valence-corrected chi connectivity index (χ1v) is 9.56. The lowest BCUT2D eigenvalue weighted by Gasteiger charge is -2.17. The average molecular weight is 392 g/mol. The van der Waals surface area contributed by atoms with Gasteiger partial charge in [0.15, 0.2) is 11.5 Å². The van der Waals surface area contributed by atoms with Gasteiger partial charge in [0.25, 0.3) is 0 Å². The van der Waals surface area contributed by atoms with Gasteiger partial charge in [-0.05, 0) is 19.1 Å². The number of carbonyl (C=O) groups is 3. The molecule has 1 aromatic carbocycles. The summed E-state index contributed by atoms with van der Waals surface area (Å²) in [5.74, 6) is 0.238. The normalized spacial score (nSPS) is 17.6. The van der Waals surface area contributed by atoms with Crippen molar-refractivity contribution >= 4 is 35.2 Å². The highest BCUT2D eigenvalue weighted by Crippen LogP contribution is 2.32. The number of thioether (sulfide) groups is 1. The number of ether oxygens (including phenoxy) is 3. The summed E-state index contributed by atoms with van der Waals surface area (Å²) >= 11 is 1.20. The molecule has 144 valence electrons. The van der Waals surface area contributed by atoms with Crippen LogP contribution in [0.1, 0.15) is 13.3 Å². The molecule has 0 aliphatic carbocycles. The minimum absolute atomic E-state index is 0.183. The molecule has 27 heavy (non-hydrogen) atoms. The molecule has 2 amide bonds. The van der Waals surface area contributed by atoms with Crippen LogP contribution in [-0.4, -0.2) is 54.8 Å². The third-order valence-corrected chi connectivity index (χ3v) is 4.80. The van der Waals surface area contributed by atoms with Crippen molar-refractivity contribution in [2.75, 3.05) is 37.4 Å². The molecule has 8 nitrogen and oxygen atoms in total. The number of carbonyl (C=O) groups excluding carboxylic acids is 3. The molecule has 1 N–H and O–H groups in total. The predicted molar refractivity (Wildman–Crippen MR) is 99.6 cm³/mol. The monoisotopic (exact) mass is 392 g/mol. The maximum atomic E-state index is 12.4. The van der Waals surface area contributed by atoms with Gasteiger partial charge in [-0.25, -0.2) is 4.79 Å². The topological polar surface area (TPSA) is 94.2 Å². The summed E-state index contributed by atoms with van der Waals surface area (Å²) in [6, 6.07) is 5.13. The third-order valence-electron chi connectivity index (χ3n) is 3.77. The zero-order chi connectivity index (χ0) is 19.2. The van der Waals surface area contributed by atoms with Crippen LogP contribution in [0.25, 0.3) is 0 Å². The number of benzene rings is 1. The first kappa shape index (κ1) is 19.1. The van der Waals surface area contributed by atoms with Crippen molar-refractivity contribution in [3.05, 3.63) is 29.3 Å². The van der Waals surface area contributed by atoms with Gasteiger partial charge in [0.2, 0.25) is 11.8 Å². The molecule has 2 aliphatic heterocycles. The first-order chi connectivity index (χ1) is 13.1. The minimum atomic E-state index is -0.539. The van der Waals surface area contributed by atoms with Gasteiger partial charge >= 0.3 is 5.97 Å². The van der Waals surface area contributed by atoms with E-state index in [1.807, 2.05) is 0 Å². The zero-order valence-electron chi connectivity index (χ0n) is 14.9. The summed E-state index contributed by atoms with van der Waals surface area (Å²) in [4.78, 5) is 37.3. The Morgan fingerprint density at radius 2 is 2.07 bits per heavy atom. The van der Waals surface area contributed by atoms with E-state index in [4.69, 9.17) is 14.2 Å². The van der Waals surface area contributed by atoms with Gasteiger partial charge in [0.1, 0.15) is 6.54 Å². The van der Waals surface area contributed by atoms with Gasteiger partial charge in [-0.1, -0.05) is 11.8 Å². The highest BCUT2D eigenvalue weighted by Gasteiger charge is 2.29. The number of rotatable bonds is 5. The molecule has 0 atom stereocenters. The molecule has 0 bridgehead atoms. The standard InChI is InChI=1S/C18H20N2O6S/c1-2-24-18(23)9-17-20(16(22)11-27-17)10-15(21)19-12-4-5-13-14(8-12)26-7-3-6-25-13/h4-5,8-9H,2-3,6-7,10-11H2,1H3,(H,19,21)/b17-9-. The van der Waals surface area contributed by atoms with Crippen LogP contribution in [0.2, 0.25) is 0 Å². The second kappa shape index (κ2) is 8.81. The summed E-state index contributed by atoms with van der Waals surface area (Å²) in [6.45, 7) is 2.89. The lowest BCUT2D eigenvalue weighted by Crippen LogP contribution is -2.34. The van der Waals surface area contributed by atoms with E-state index in [1.54, 1.807) is 25.1 Å². The Morgan fingerprint density at radius 3 is 2.85 bits per heavy atom. The number of fused-ring (bicyclic) bond motifs is 1. The maximum absolute atomic E-state index is 12.4. The first-order valence-electron chi connectivity index (χ1n) is 8.58. The van der Waals surface area contributed by atoms with Gasteiger partial charge in [0, 0.05) is 18.2 Å². The van der Waals surface area contributed by atoms with Crippen LogP contribution in [0.15, 0.2) is 29.3 Å². The van der Waals surface area contributed by atoms with Crippen molar-refractivity contribution in [2.45, 2.75) is 13.3 Å². The summed E-state index contributed by atoms with van der Waals surface area (Å²) in [6.07, 6.45) is 2.03. The van der Waals surface area contributed by atoms with Crippen molar-refractivity contribution in [1.29, 1.82) is 0 Å². The van der Waals surface area contributed by atoms with E-state index in [-0.39, 0.29) is 30.7 Å². The van der Waals surface area contributed by atoms with Crippen LogP contribution in [0.4, 0.5) is 5.69 Å². The van der Waals surface area contributed by atoms with Crippen LogP contribution in [0.5, 0.6) is 11.5 Å². The van der Waals surface area contributed by atoms with E-state index in [0.717, 1.165) is 6.42 Å². The number of hydrogen-bond donors (Lipinski definition) is 1. The molecule has 0 unspecified atom stereocenters. The molecule has 0 radical (unpaired) electrons. The number of esters is 1. The second-order valence-electron chi connectivity index (χ2n) is 5.76. The van der Waals surface area contributed by atoms with E-state index in [0.29, 0.717) is 35.4 Å². The van der Waals surface area contributed by atoms with Crippen LogP contribution in [0.3, 0.4) is 0 Å². The van der Waals surface area contributed by atoms with Crippen molar-refractivity contribution in [3.8, 4) is 11.5 Å². The van der Waals surface area contributed by atoms with Crippen LogP contribution >= 0.6 is 11.8 Å².